The van der Waals surface area contributed by atoms with Crippen LogP contribution in [-0.4, -0.2) is 6.71 Å². The molecule has 2 heterocycles. The topological polar surface area (TPSA) is 9.72 Å². The van der Waals surface area contributed by atoms with Gasteiger partial charge >= 0.3 is 0 Å². The molecular formula is C55H54BN3. The molecule has 3 nitrogen and oxygen atoms in total. The fraction of sp³-hybridized carbons (Fsp3) is 0.236. The van der Waals surface area contributed by atoms with E-state index < -0.39 is 0 Å². The SMILES string of the molecule is Cc1cc2c3c(c1)N(c1c(C)cccc1C)c1cc4c(cc1B3c1ccc(N(c3ccccc3)c3ccccc3)cc1N2c1c(C)cccc1C)C(C)(C)CCC4(C)C. The zero-order valence-electron chi connectivity index (χ0n) is 36.1. The van der Waals surface area contributed by atoms with Gasteiger partial charge in [-0.25, -0.2) is 0 Å². The van der Waals surface area contributed by atoms with Crippen LogP contribution in [0.1, 0.15) is 79.5 Å². The maximum Gasteiger partial charge on any atom is 0.252 e. The fourth-order valence-electron chi connectivity index (χ4n) is 10.7. The number of benzene rings is 7. The zero-order valence-corrected chi connectivity index (χ0v) is 36.1. The van der Waals surface area contributed by atoms with Crippen molar-refractivity contribution >= 4 is 74.3 Å². The minimum absolute atomic E-state index is 0.0360. The van der Waals surface area contributed by atoms with Gasteiger partial charge in [0.1, 0.15) is 0 Å². The third-order valence-electron chi connectivity index (χ3n) is 13.8. The minimum atomic E-state index is 0.0360. The molecule has 59 heavy (non-hydrogen) atoms. The molecule has 0 aromatic heterocycles. The molecule has 0 N–H and O–H groups in total. The summed E-state index contributed by atoms with van der Waals surface area (Å²) >= 11 is 0. The van der Waals surface area contributed by atoms with Crippen LogP contribution in [0, 0.1) is 34.6 Å². The molecule has 10 rings (SSSR count). The van der Waals surface area contributed by atoms with Crippen molar-refractivity contribution in [2.45, 2.75) is 86.0 Å². The summed E-state index contributed by atoms with van der Waals surface area (Å²) in [7, 11) is 0. The van der Waals surface area contributed by atoms with Crippen LogP contribution in [0.4, 0.5) is 51.2 Å². The number of fused-ring (bicyclic) bond motifs is 5. The van der Waals surface area contributed by atoms with Crippen LogP contribution in [0.3, 0.4) is 0 Å². The van der Waals surface area contributed by atoms with Crippen molar-refractivity contribution in [3.8, 4) is 0 Å². The van der Waals surface area contributed by atoms with Crippen LogP contribution in [-0.2, 0) is 10.8 Å². The van der Waals surface area contributed by atoms with E-state index in [-0.39, 0.29) is 17.5 Å². The van der Waals surface area contributed by atoms with E-state index in [2.05, 4.69) is 217 Å². The van der Waals surface area contributed by atoms with Gasteiger partial charge in [0.25, 0.3) is 6.71 Å². The highest BCUT2D eigenvalue weighted by Crippen LogP contribution is 2.52. The predicted octanol–water partition coefficient (Wildman–Crippen LogP) is 13.1. The third-order valence-corrected chi connectivity index (χ3v) is 13.8. The van der Waals surface area contributed by atoms with Crippen LogP contribution >= 0.6 is 0 Å². The van der Waals surface area contributed by atoms with Crippen LogP contribution in [0.25, 0.3) is 0 Å². The van der Waals surface area contributed by atoms with Crippen molar-refractivity contribution in [3.63, 3.8) is 0 Å². The van der Waals surface area contributed by atoms with Crippen molar-refractivity contribution in [1.82, 2.24) is 0 Å². The summed E-state index contributed by atoms with van der Waals surface area (Å²) in [6.45, 7) is 21.3. The quantitative estimate of drug-likeness (QED) is 0.162. The van der Waals surface area contributed by atoms with E-state index >= 15 is 0 Å². The van der Waals surface area contributed by atoms with Crippen LogP contribution < -0.4 is 31.1 Å². The smallest absolute Gasteiger partial charge is 0.252 e. The van der Waals surface area contributed by atoms with Crippen molar-refractivity contribution in [1.29, 1.82) is 0 Å². The number of anilines is 9. The minimum Gasteiger partial charge on any atom is -0.311 e. The molecule has 292 valence electrons. The van der Waals surface area contributed by atoms with Crippen molar-refractivity contribution in [3.05, 3.63) is 178 Å². The van der Waals surface area contributed by atoms with E-state index in [1.54, 1.807) is 0 Å². The van der Waals surface area contributed by atoms with Gasteiger partial charge in [0, 0.05) is 39.8 Å². The van der Waals surface area contributed by atoms with Crippen molar-refractivity contribution in [2.24, 2.45) is 0 Å². The Hall–Kier alpha value is -6.00. The normalized spacial score (nSPS) is 15.6. The molecule has 0 amide bonds. The van der Waals surface area contributed by atoms with Gasteiger partial charge in [-0.05, 0) is 168 Å². The molecule has 0 fully saturated rings. The standard InChI is InChI=1S/C55H54BN3/c1-35-30-49-51-50(31-35)59(53-38(4)20-17-21-39(53)5)48-34-44-43(54(6,7)28-29-55(44,8)9)33-46(48)56(51)45-27-26-42(32-47(45)58(49)52-36(2)18-16-19-37(52)3)57(40-22-12-10-13-23-40)41-24-14-11-15-25-41/h10-27,30-34H,28-29H2,1-9H3. The molecule has 7 aromatic rings. The van der Waals surface area contributed by atoms with Gasteiger partial charge in [-0.3, -0.25) is 0 Å². The van der Waals surface area contributed by atoms with Gasteiger partial charge in [-0.15, -0.1) is 0 Å². The van der Waals surface area contributed by atoms with E-state index in [9.17, 15) is 0 Å². The number of rotatable bonds is 5. The van der Waals surface area contributed by atoms with Crippen LogP contribution in [0.15, 0.2) is 140 Å². The van der Waals surface area contributed by atoms with E-state index in [1.807, 2.05) is 0 Å². The lowest BCUT2D eigenvalue weighted by atomic mass is 9.33. The van der Waals surface area contributed by atoms with Gasteiger partial charge in [-0.2, -0.15) is 0 Å². The van der Waals surface area contributed by atoms with Gasteiger partial charge in [0.05, 0.1) is 11.4 Å². The summed E-state index contributed by atoms with van der Waals surface area (Å²) in [5, 5.41) is 0. The average Bonchev–Trinajstić information content (AvgIpc) is 3.21. The molecular weight excluding hydrogens is 713 g/mol. The first-order valence-electron chi connectivity index (χ1n) is 21.4. The first kappa shape index (κ1) is 37.3. The molecule has 0 saturated carbocycles. The molecule has 1 aliphatic carbocycles. The number of nitrogens with zero attached hydrogens (tertiary/aromatic N) is 3. The molecule has 7 aromatic carbocycles. The molecule has 0 unspecified atom stereocenters. The molecule has 0 saturated heterocycles. The second-order valence-electron chi connectivity index (χ2n) is 18.8. The summed E-state index contributed by atoms with van der Waals surface area (Å²) in [5.41, 5.74) is 24.6. The number of hydrogen-bond acceptors (Lipinski definition) is 3. The summed E-state index contributed by atoms with van der Waals surface area (Å²) in [6.07, 6.45) is 2.35. The lowest BCUT2D eigenvalue weighted by Crippen LogP contribution is -2.62. The first-order valence-corrected chi connectivity index (χ1v) is 21.4. The van der Waals surface area contributed by atoms with Gasteiger partial charge < -0.3 is 14.7 Å². The third kappa shape index (κ3) is 5.78. The molecule has 3 aliphatic rings. The van der Waals surface area contributed by atoms with E-state index in [4.69, 9.17) is 0 Å². The van der Waals surface area contributed by atoms with Crippen LogP contribution in [0.2, 0.25) is 0 Å². The van der Waals surface area contributed by atoms with Crippen molar-refractivity contribution < 1.29 is 0 Å². The number of para-hydroxylation sites is 4. The highest BCUT2D eigenvalue weighted by molar-refractivity contribution is 7.00. The van der Waals surface area contributed by atoms with Crippen molar-refractivity contribution in [2.75, 3.05) is 14.7 Å². The molecule has 0 bridgehead atoms. The zero-order chi connectivity index (χ0) is 41.0. The fourth-order valence-corrected chi connectivity index (χ4v) is 10.7. The van der Waals surface area contributed by atoms with Gasteiger partial charge in [0.2, 0.25) is 0 Å². The lowest BCUT2D eigenvalue weighted by molar-refractivity contribution is 0.332. The monoisotopic (exact) mass is 767 g/mol. The second-order valence-corrected chi connectivity index (χ2v) is 18.8. The second kappa shape index (κ2) is 13.5. The molecule has 4 heteroatoms. The largest absolute Gasteiger partial charge is 0.311 e. The van der Waals surface area contributed by atoms with Gasteiger partial charge in [0.15, 0.2) is 0 Å². The molecule has 2 aliphatic heterocycles. The molecule has 0 radical (unpaired) electrons. The molecule has 0 spiro atoms. The Labute approximate surface area is 352 Å². The Morgan fingerprint density at radius 3 is 1.39 bits per heavy atom. The lowest BCUT2D eigenvalue weighted by Gasteiger charge is -2.48. The van der Waals surface area contributed by atoms with Crippen LogP contribution in [0.5, 0.6) is 0 Å². The summed E-state index contributed by atoms with van der Waals surface area (Å²) < 4.78 is 0. The maximum atomic E-state index is 2.65. The summed E-state index contributed by atoms with van der Waals surface area (Å²) in [5.74, 6) is 0. The Bertz CT molecular complexity index is 2720. The Morgan fingerprint density at radius 2 is 0.898 bits per heavy atom. The maximum absolute atomic E-state index is 2.65. The Balaban J connectivity index is 1.33. The Kier molecular flexibility index (Phi) is 8.55. The number of aryl methyl sites for hydroxylation is 5. The first-order chi connectivity index (χ1) is 28.3. The van der Waals surface area contributed by atoms with Gasteiger partial charge in [-0.1, -0.05) is 113 Å². The summed E-state index contributed by atoms with van der Waals surface area (Å²) in [4.78, 5) is 7.66. The highest BCUT2D eigenvalue weighted by Gasteiger charge is 2.47. The molecule has 0 atom stereocenters. The van der Waals surface area contributed by atoms with E-state index in [0.29, 0.717) is 0 Å². The number of hydrogen-bond donors (Lipinski definition) is 0. The Morgan fingerprint density at radius 1 is 0.441 bits per heavy atom. The van der Waals surface area contributed by atoms with E-state index in [1.165, 1.54) is 102 Å². The summed E-state index contributed by atoms with van der Waals surface area (Å²) in [6, 6.07) is 52.6. The highest BCUT2D eigenvalue weighted by atomic mass is 15.2. The average molecular weight is 768 g/mol. The van der Waals surface area contributed by atoms with E-state index in [0.717, 1.165) is 17.1 Å². The predicted molar refractivity (Wildman–Crippen MR) is 254 cm³/mol.